The van der Waals surface area contributed by atoms with Gasteiger partial charge in [0.1, 0.15) is 5.69 Å². The minimum atomic E-state index is -0.333. The summed E-state index contributed by atoms with van der Waals surface area (Å²) >= 11 is 6.25. The Bertz CT molecular complexity index is 1370. The lowest BCUT2D eigenvalue weighted by atomic mass is 10.1. The van der Waals surface area contributed by atoms with Gasteiger partial charge in [-0.3, -0.25) is 19.3 Å². The molecule has 2 amide bonds. The van der Waals surface area contributed by atoms with E-state index in [1.54, 1.807) is 50.8 Å². The zero-order valence-electron chi connectivity index (χ0n) is 19.4. The van der Waals surface area contributed by atoms with Crippen LogP contribution >= 0.6 is 11.6 Å². The Morgan fingerprint density at radius 2 is 1.89 bits per heavy atom. The van der Waals surface area contributed by atoms with Gasteiger partial charge in [0.15, 0.2) is 0 Å². The van der Waals surface area contributed by atoms with Crippen LogP contribution in [0.5, 0.6) is 0 Å². The summed E-state index contributed by atoms with van der Waals surface area (Å²) in [6.07, 6.45) is 8.51. The number of amides is 2. The molecule has 35 heavy (non-hydrogen) atoms. The van der Waals surface area contributed by atoms with E-state index >= 15 is 0 Å². The zero-order chi connectivity index (χ0) is 24.8. The Morgan fingerprint density at radius 1 is 1.09 bits per heavy atom. The topological polar surface area (TPSA) is 80.1 Å². The molecule has 0 saturated carbocycles. The van der Waals surface area contributed by atoms with Crippen LogP contribution in [-0.4, -0.2) is 45.6 Å². The molecule has 0 radical (unpaired) electrons. The lowest BCUT2D eigenvalue weighted by Crippen LogP contribution is -2.22. The Labute approximate surface area is 208 Å². The summed E-state index contributed by atoms with van der Waals surface area (Å²) in [6.45, 7) is 0.602. The minimum Gasteiger partial charge on any atom is -0.345 e. The maximum Gasteiger partial charge on any atom is 0.254 e. The van der Waals surface area contributed by atoms with Crippen molar-refractivity contribution in [2.75, 3.05) is 19.4 Å². The molecule has 2 aromatic carbocycles. The van der Waals surface area contributed by atoms with Crippen molar-refractivity contribution < 1.29 is 9.59 Å². The van der Waals surface area contributed by atoms with E-state index < -0.39 is 0 Å². The standard InChI is InChI=1S/C27H24ClN5O2/c1-32(2)27(35)23-12-11-22(15-24(23)28)30-25(34)13-10-21-18-33(17-19-7-4-3-5-8-19)31-26(21)20-9-6-14-29-16-20/h3-16,18H,17H2,1-2H3,(H,30,34)/b13-10+. The van der Waals surface area contributed by atoms with Gasteiger partial charge in [0, 0.05) is 55.6 Å². The maximum atomic E-state index is 12.6. The first kappa shape index (κ1) is 23.9. The smallest absolute Gasteiger partial charge is 0.254 e. The highest BCUT2D eigenvalue weighted by molar-refractivity contribution is 6.34. The average molecular weight is 486 g/mol. The molecular formula is C27H24ClN5O2. The summed E-state index contributed by atoms with van der Waals surface area (Å²) in [5.41, 5.74) is 4.35. The van der Waals surface area contributed by atoms with Crippen LogP contribution in [0.4, 0.5) is 5.69 Å². The molecule has 1 N–H and O–H groups in total. The van der Waals surface area contributed by atoms with E-state index in [0.717, 1.165) is 22.4 Å². The van der Waals surface area contributed by atoms with Crippen LogP contribution in [0.15, 0.2) is 85.3 Å². The molecule has 4 rings (SSSR count). The molecule has 2 heterocycles. The fourth-order valence-electron chi connectivity index (χ4n) is 3.49. The number of pyridine rings is 1. The molecule has 8 heteroatoms. The zero-order valence-corrected chi connectivity index (χ0v) is 20.1. The second kappa shape index (κ2) is 10.8. The van der Waals surface area contributed by atoms with Gasteiger partial charge >= 0.3 is 0 Å². The molecule has 176 valence electrons. The van der Waals surface area contributed by atoms with Gasteiger partial charge in [-0.2, -0.15) is 5.10 Å². The Balaban J connectivity index is 1.54. The first-order chi connectivity index (χ1) is 16.9. The highest BCUT2D eigenvalue weighted by Gasteiger charge is 2.14. The number of aromatic nitrogens is 3. The van der Waals surface area contributed by atoms with Gasteiger partial charge in [0.25, 0.3) is 5.91 Å². The molecule has 0 aliphatic heterocycles. The fourth-order valence-corrected chi connectivity index (χ4v) is 3.76. The molecule has 0 aliphatic rings. The number of benzene rings is 2. The third kappa shape index (κ3) is 6.02. The second-order valence-corrected chi connectivity index (χ2v) is 8.48. The van der Waals surface area contributed by atoms with Crippen molar-refractivity contribution >= 4 is 35.2 Å². The Morgan fingerprint density at radius 3 is 2.57 bits per heavy atom. The van der Waals surface area contributed by atoms with Crippen LogP contribution in [0.3, 0.4) is 0 Å². The molecule has 0 aliphatic carbocycles. The molecule has 4 aromatic rings. The van der Waals surface area contributed by atoms with Crippen LogP contribution in [0.2, 0.25) is 5.02 Å². The monoisotopic (exact) mass is 485 g/mol. The molecular weight excluding hydrogens is 462 g/mol. The maximum absolute atomic E-state index is 12.6. The van der Waals surface area contributed by atoms with E-state index in [1.165, 1.54) is 11.0 Å². The molecule has 0 atom stereocenters. The van der Waals surface area contributed by atoms with Crippen molar-refractivity contribution in [3.8, 4) is 11.3 Å². The summed E-state index contributed by atoms with van der Waals surface area (Å²) in [4.78, 5) is 30.4. The first-order valence-corrected chi connectivity index (χ1v) is 11.3. The van der Waals surface area contributed by atoms with E-state index in [2.05, 4.69) is 10.3 Å². The molecule has 0 fully saturated rings. The largest absolute Gasteiger partial charge is 0.345 e. The number of hydrogen-bond donors (Lipinski definition) is 1. The average Bonchev–Trinajstić information content (AvgIpc) is 3.26. The van der Waals surface area contributed by atoms with Gasteiger partial charge in [-0.15, -0.1) is 0 Å². The van der Waals surface area contributed by atoms with Gasteiger partial charge in [-0.25, -0.2) is 0 Å². The predicted molar refractivity (Wildman–Crippen MR) is 138 cm³/mol. The third-order valence-corrected chi connectivity index (χ3v) is 5.51. The minimum absolute atomic E-state index is 0.205. The van der Waals surface area contributed by atoms with E-state index in [1.807, 2.05) is 53.3 Å². The van der Waals surface area contributed by atoms with Crippen LogP contribution in [-0.2, 0) is 11.3 Å². The lowest BCUT2D eigenvalue weighted by Gasteiger charge is -2.12. The number of nitrogens with zero attached hydrogens (tertiary/aromatic N) is 4. The number of rotatable bonds is 7. The van der Waals surface area contributed by atoms with Crippen molar-refractivity contribution in [3.63, 3.8) is 0 Å². The number of carbonyl (C=O) groups excluding carboxylic acids is 2. The van der Waals surface area contributed by atoms with Gasteiger partial charge in [0.05, 0.1) is 17.1 Å². The van der Waals surface area contributed by atoms with Crippen LogP contribution in [0, 0.1) is 0 Å². The molecule has 0 bridgehead atoms. The summed E-state index contributed by atoms with van der Waals surface area (Å²) in [5, 5.41) is 7.78. The van der Waals surface area contributed by atoms with Crippen LogP contribution in [0.1, 0.15) is 21.5 Å². The predicted octanol–water partition coefficient (Wildman–Crippen LogP) is 5.00. The van der Waals surface area contributed by atoms with Crippen LogP contribution in [0.25, 0.3) is 17.3 Å². The molecule has 0 unspecified atom stereocenters. The Hall–Kier alpha value is -4.23. The molecule has 0 spiro atoms. The number of carbonyl (C=O) groups is 2. The number of hydrogen-bond acceptors (Lipinski definition) is 4. The summed E-state index contributed by atoms with van der Waals surface area (Å²) in [7, 11) is 3.31. The van der Waals surface area contributed by atoms with Gasteiger partial charge in [-0.05, 0) is 42.0 Å². The number of halogens is 1. The van der Waals surface area contributed by atoms with Gasteiger partial charge < -0.3 is 10.2 Å². The molecule has 7 nitrogen and oxygen atoms in total. The van der Waals surface area contributed by atoms with E-state index in [9.17, 15) is 9.59 Å². The number of anilines is 1. The summed E-state index contributed by atoms with van der Waals surface area (Å²) < 4.78 is 1.84. The van der Waals surface area contributed by atoms with Crippen molar-refractivity contribution in [1.29, 1.82) is 0 Å². The first-order valence-electron chi connectivity index (χ1n) is 10.9. The van der Waals surface area contributed by atoms with Crippen molar-refractivity contribution in [2.45, 2.75) is 6.54 Å². The third-order valence-electron chi connectivity index (χ3n) is 5.20. The molecule has 2 aromatic heterocycles. The van der Waals surface area contributed by atoms with Crippen molar-refractivity contribution in [1.82, 2.24) is 19.7 Å². The summed E-state index contributed by atoms with van der Waals surface area (Å²) in [5.74, 6) is -0.538. The van der Waals surface area contributed by atoms with Crippen molar-refractivity contribution in [2.24, 2.45) is 0 Å². The van der Waals surface area contributed by atoms with Gasteiger partial charge in [0.2, 0.25) is 5.91 Å². The van der Waals surface area contributed by atoms with E-state index in [0.29, 0.717) is 17.8 Å². The lowest BCUT2D eigenvalue weighted by molar-refractivity contribution is -0.111. The SMILES string of the molecule is CN(C)C(=O)c1ccc(NC(=O)/C=C/c2cn(Cc3ccccc3)nc2-c2cccnc2)cc1Cl. The van der Waals surface area contributed by atoms with Crippen LogP contribution < -0.4 is 5.32 Å². The fraction of sp³-hybridized carbons (Fsp3) is 0.111. The quantitative estimate of drug-likeness (QED) is 0.373. The highest BCUT2D eigenvalue weighted by atomic mass is 35.5. The normalized spacial score (nSPS) is 10.9. The van der Waals surface area contributed by atoms with Gasteiger partial charge in [-0.1, -0.05) is 41.9 Å². The van der Waals surface area contributed by atoms with Crippen molar-refractivity contribution in [3.05, 3.63) is 107 Å². The number of nitrogens with one attached hydrogen (secondary N) is 1. The molecule has 0 saturated heterocycles. The highest BCUT2D eigenvalue weighted by Crippen LogP contribution is 2.24. The van der Waals surface area contributed by atoms with E-state index in [4.69, 9.17) is 16.7 Å². The summed E-state index contributed by atoms with van der Waals surface area (Å²) in [6, 6.07) is 18.6. The Kier molecular flexibility index (Phi) is 7.38. The van der Waals surface area contributed by atoms with E-state index in [-0.39, 0.29) is 16.8 Å². The second-order valence-electron chi connectivity index (χ2n) is 8.07.